The van der Waals surface area contributed by atoms with Crippen LogP contribution in [0.1, 0.15) is 19.3 Å². The molecule has 1 aliphatic carbocycles. The van der Waals surface area contributed by atoms with Crippen molar-refractivity contribution in [1.29, 1.82) is 0 Å². The van der Waals surface area contributed by atoms with Crippen LogP contribution in [-0.4, -0.2) is 37.5 Å². The fraction of sp³-hybridized carbons (Fsp3) is 0.278. The highest BCUT2D eigenvalue weighted by Crippen LogP contribution is 2.35. The summed E-state index contributed by atoms with van der Waals surface area (Å²) in [6.45, 7) is 0. The molecular weight excluding hydrogens is 323 g/mol. The molecule has 2 heterocycles. The quantitative estimate of drug-likeness (QED) is 0.679. The average Bonchev–Trinajstić information content (AvgIpc) is 3.01. The summed E-state index contributed by atoms with van der Waals surface area (Å²) in [4.78, 5) is 4.15. The highest BCUT2D eigenvalue weighted by molar-refractivity contribution is 6.00. The molecule has 1 saturated carbocycles. The van der Waals surface area contributed by atoms with E-state index in [1.54, 1.807) is 18.5 Å². The first-order valence-electron chi connectivity index (χ1n) is 8.15. The Bertz CT molecular complexity index is 934. The van der Waals surface area contributed by atoms with Crippen LogP contribution in [-0.2, 0) is 0 Å². The van der Waals surface area contributed by atoms with Crippen LogP contribution in [0.25, 0.3) is 22.0 Å². The number of hydrogen-bond acceptors (Lipinski definition) is 6. The van der Waals surface area contributed by atoms with Crippen molar-refractivity contribution in [2.45, 2.75) is 31.4 Å². The largest absolute Gasteiger partial charge is 0.507 e. The number of aromatic nitrogens is 3. The molecule has 128 valence electrons. The summed E-state index contributed by atoms with van der Waals surface area (Å²) < 4.78 is 13.3. The molecule has 4 rings (SSSR count). The summed E-state index contributed by atoms with van der Waals surface area (Å²) in [6.07, 6.45) is 5.34. The lowest BCUT2D eigenvalue weighted by atomic mass is 10.0. The Labute approximate surface area is 143 Å². The molecule has 7 heteroatoms. The molecule has 0 aliphatic heterocycles. The number of anilines is 1. The molecule has 2 atom stereocenters. The first-order chi connectivity index (χ1) is 12.1. The Balaban J connectivity index is 1.79. The normalized spacial score (nSPS) is 20.1. The second-order valence-electron chi connectivity index (χ2n) is 6.29. The van der Waals surface area contributed by atoms with Gasteiger partial charge in [-0.1, -0.05) is 0 Å². The van der Waals surface area contributed by atoms with E-state index in [0.29, 0.717) is 23.5 Å². The number of hydrogen-bond donors (Lipinski definition) is 3. The van der Waals surface area contributed by atoms with Gasteiger partial charge in [-0.15, -0.1) is 10.2 Å². The van der Waals surface area contributed by atoms with Gasteiger partial charge in [-0.25, -0.2) is 4.39 Å². The number of nitrogens with zero attached hydrogens (tertiary/aromatic N) is 3. The fourth-order valence-electron chi connectivity index (χ4n) is 3.29. The van der Waals surface area contributed by atoms with Crippen LogP contribution in [0.3, 0.4) is 0 Å². The smallest absolute Gasteiger partial charge is 0.158 e. The molecule has 1 aliphatic rings. The second-order valence-corrected chi connectivity index (χ2v) is 6.29. The van der Waals surface area contributed by atoms with E-state index in [2.05, 4.69) is 20.5 Å². The number of phenolic OH excluding ortho intramolecular Hbond substituents is 1. The lowest BCUT2D eigenvalue weighted by Crippen LogP contribution is -2.18. The van der Waals surface area contributed by atoms with Crippen LogP contribution in [0.2, 0.25) is 0 Å². The molecular formula is C18H17FN4O2. The second kappa shape index (κ2) is 6.25. The Morgan fingerprint density at radius 2 is 2.00 bits per heavy atom. The van der Waals surface area contributed by atoms with Crippen molar-refractivity contribution < 1.29 is 14.6 Å². The zero-order chi connectivity index (χ0) is 17.4. The Morgan fingerprint density at radius 3 is 2.76 bits per heavy atom. The van der Waals surface area contributed by atoms with Gasteiger partial charge in [-0.05, 0) is 37.5 Å². The third-order valence-corrected chi connectivity index (χ3v) is 4.54. The van der Waals surface area contributed by atoms with E-state index in [0.717, 1.165) is 29.7 Å². The van der Waals surface area contributed by atoms with Crippen LogP contribution in [0.5, 0.6) is 5.75 Å². The van der Waals surface area contributed by atoms with E-state index in [9.17, 15) is 14.6 Å². The number of halogens is 1. The molecule has 1 fully saturated rings. The van der Waals surface area contributed by atoms with Gasteiger partial charge in [0, 0.05) is 40.8 Å². The summed E-state index contributed by atoms with van der Waals surface area (Å²) >= 11 is 0. The van der Waals surface area contributed by atoms with Gasteiger partial charge in [0.05, 0.1) is 6.10 Å². The number of phenols is 1. The van der Waals surface area contributed by atoms with Crippen LogP contribution < -0.4 is 5.32 Å². The molecule has 2 aromatic heterocycles. The number of pyridine rings is 1. The van der Waals surface area contributed by atoms with Gasteiger partial charge in [-0.3, -0.25) is 4.98 Å². The van der Waals surface area contributed by atoms with Crippen molar-refractivity contribution in [3.63, 3.8) is 0 Å². The Kier molecular flexibility index (Phi) is 3.93. The van der Waals surface area contributed by atoms with Gasteiger partial charge >= 0.3 is 0 Å². The molecule has 6 nitrogen and oxygen atoms in total. The highest BCUT2D eigenvalue weighted by Gasteiger charge is 2.24. The fourth-order valence-corrected chi connectivity index (χ4v) is 3.29. The van der Waals surface area contributed by atoms with E-state index in [-0.39, 0.29) is 17.9 Å². The predicted molar refractivity (Wildman–Crippen MR) is 91.7 cm³/mol. The minimum absolute atomic E-state index is 0.137. The van der Waals surface area contributed by atoms with Crippen LogP contribution in [0.15, 0.2) is 36.7 Å². The Hall–Kier alpha value is -2.80. The van der Waals surface area contributed by atoms with Gasteiger partial charge in [0.1, 0.15) is 17.3 Å². The SMILES string of the molecule is Oc1cc(F)ccc1-c1nnc(N[C@H]2CC[C@H](O)C2)c2cnccc12. The summed E-state index contributed by atoms with van der Waals surface area (Å²) in [7, 11) is 0. The van der Waals surface area contributed by atoms with Gasteiger partial charge in [0.2, 0.25) is 0 Å². The number of nitrogens with one attached hydrogen (secondary N) is 1. The number of benzene rings is 1. The number of rotatable bonds is 3. The van der Waals surface area contributed by atoms with Crippen molar-refractivity contribution in [3.05, 3.63) is 42.5 Å². The summed E-state index contributed by atoms with van der Waals surface area (Å²) in [5.74, 6) is -0.113. The third-order valence-electron chi connectivity index (χ3n) is 4.54. The molecule has 0 amide bonds. The lowest BCUT2D eigenvalue weighted by molar-refractivity contribution is 0.182. The van der Waals surface area contributed by atoms with Crippen LogP contribution >= 0.6 is 0 Å². The van der Waals surface area contributed by atoms with Gasteiger partial charge in [-0.2, -0.15) is 0 Å². The zero-order valence-electron chi connectivity index (χ0n) is 13.4. The van der Waals surface area contributed by atoms with Crippen LogP contribution in [0.4, 0.5) is 10.2 Å². The van der Waals surface area contributed by atoms with Gasteiger partial charge in [0.15, 0.2) is 5.82 Å². The first-order valence-corrected chi connectivity index (χ1v) is 8.15. The molecule has 1 aromatic carbocycles. The number of fused-ring (bicyclic) bond motifs is 1. The summed E-state index contributed by atoms with van der Waals surface area (Å²) in [6, 6.07) is 5.73. The van der Waals surface area contributed by atoms with Crippen molar-refractivity contribution in [1.82, 2.24) is 15.2 Å². The standard InChI is InChI=1S/C18H17FN4O2/c19-10-1-4-14(16(25)7-10)17-13-5-6-20-9-15(13)18(23-22-17)21-11-2-3-12(24)8-11/h1,4-7,9,11-12,24-25H,2-3,8H2,(H,21,23)/t11-,12-/m0/s1. The molecule has 0 saturated heterocycles. The van der Waals surface area contributed by atoms with E-state index in [1.165, 1.54) is 12.1 Å². The number of aliphatic hydroxyl groups excluding tert-OH is 1. The molecule has 0 bridgehead atoms. The van der Waals surface area contributed by atoms with Crippen molar-refractivity contribution in [3.8, 4) is 17.0 Å². The van der Waals surface area contributed by atoms with Crippen molar-refractivity contribution in [2.75, 3.05) is 5.32 Å². The van der Waals surface area contributed by atoms with E-state index >= 15 is 0 Å². The van der Waals surface area contributed by atoms with Gasteiger partial charge in [0.25, 0.3) is 0 Å². The predicted octanol–water partition coefficient (Wildman–Crippen LogP) is 2.86. The lowest BCUT2D eigenvalue weighted by Gasteiger charge is -2.15. The maximum absolute atomic E-state index is 13.3. The summed E-state index contributed by atoms with van der Waals surface area (Å²) in [5.41, 5.74) is 0.875. The Morgan fingerprint density at radius 1 is 1.12 bits per heavy atom. The van der Waals surface area contributed by atoms with Gasteiger partial charge < -0.3 is 15.5 Å². The van der Waals surface area contributed by atoms with E-state index in [4.69, 9.17) is 0 Å². The molecule has 25 heavy (non-hydrogen) atoms. The van der Waals surface area contributed by atoms with Crippen molar-refractivity contribution in [2.24, 2.45) is 0 Å². The minimum atomic E-state index is -0.516. The average molecular weight is 340 g/mol. The molecule has 0 unspecified atom stereocenters. The third kappa shape index (κ3) is 2.98. The minimum Gasteiger partial charge on any atom is -0.507 e. The van der Waals surface area contributed by atoms with Crippen molar-refractivity contribution >= 4 is 16.6 Å². The molecule has 3 N–H and O–H groups in total. The molecule has 3 aromatic rings. The number of aliphatic hydroxyl groups is 1. The monoisotopic (exact) mass is 340 g/mol. The molecule has 0 spiro atoms. The zero-order valence-corrected chi connectivity index (χ0v) is 13.4. The van der Waals surface area contributed by atoms with E-state index < -0.39 is 5.82 Å². The van der Waals surface area contributed by atoms with Crippen LogP contribution in [0, 0.1) is 5.82 Å². The molecule has 0 radical (unpaired) electrons. The first kappa shape index (κ1) is 15.7. The highest BCUT2D eigenvalue weighted by atomic mass is 19.1. The topological polar surface area (TPSA) is 91.2 Å². The number of aromatic hydroxyl groups is 1. The maximum atomic E-state index is 13.3. The van der Waals surface area contributed by atoms with E-state index in [1.807, 2.05) is 0 Å². The maximum Gasteiger partial charge on any atom is 0.158 e. The summed E-state index contributed by atoms with van der Waals surface area (Å²) in [5, 5.41) is 33.1.